The van der Waals surface area contributed by atoms with E-state index in [1.807, 2.05) is 13.8 Å². The molecule has 4 saturated carbocycles. The third-order valence-corrected chi connectivity index (χ3v) is 25.5. The number of fused-ring (bicyclic) bond motifs is 10. The number of hydrogen-bond donors (Lipinski definition) is 6. The molecule has 0 aromatic heterocycles. The average molecular weight is 1180 g/mol. The van der Waals surface area contributed by atoms with Gasteiger partial charge in [-0.25, -0.2) is 16.7 Å². The maximum absolute atomic E-state index is 12.4. The Hall–Kier alpha value is -1.20. The number of aliphatic hydroxyl groups excluding tert-OH is 2. The van der Waals surface area contributed by atoms with Gasteiger partial charge in [-0.1, -0.05) is 63.8 Å². The maximum Gasteiger partial charge on any atom is 0.397 e. The fourth-order valence-corrected chi connectivity index (χ4v) is 22.2. The second kappa shape index (κ2) is 20.0. The Bertz CT molecular complexity index is 2890. The third-order valence-electron chi connectivity index (χ3n) is 23.6. The van der Waals surface area contributed by atoms with E-state index in [-0.39, 0.29) is 97.1 Å². The lowest BCUT2D eigenvalue weighted by Gasteiger charge is -2.57. The lowest BCUT2D eigenvalue weighted by Crippen LogP contribution is -2.56. The van der Waals surface area contributed by atoms with Crippen LogP contribution >= 0.6 is 0 Å². The van der Waals surface area contributed by atoms with Crippen LogP contribution in [0.4, 0.5) is 0 Å². The molecule has 0 aromatic rings. The summed E-state index contributed by atoms with van der Waals surface area (Å²) in [6.07, 6.45) is 2.76. The van der Waals surface area contributed by atoms with Crippen molar-refractivity contribution in [1.29, 1.82) is 0 Å². The van der Waals surface area contributed by atoms with Gasteiger partial charge in [-0.15, -0.1) is 0 Å². The van der Waals surface area contributed by atoms with Gasteiger partial charge in [0, 0.05) is 0 Å². The van der Waals surface area contributed by atoms with Crippen molar-refractivity contribution in [3.63, 3.8) is 0 Å². The first-order valence-electron chi connectivity index (χ1n) is 28.6. The van der Waals surface area contributed by atoms with Gasteiger partial charge >= 0.3 is 41.6 Å². The van der Waals surface area contributed by atoms with Crippen molar-refractivity contribution in [1.82, 2.24) is 0 Å². The molecular weight excluding hydrogens is 1100 g/mol. The minimum absolute atomic E-state index is 0.00196. The first-order chi connectivity index (χ1) is 35.8. The zero-order valence-electron chi connectivity index (χ0n) is 46.6. The molecule has 2 aliphatic heterocycles. The van der Waals surface area contributed by atoms with Crippen LogP contribution in [0.2, 0.25) is 0 Å². The van der Waals surface area contributed by atoms with Crippen LogP contribution in [0.5, 0.6) is 0 Å². The number of allylic oxidation sites excluding steroid dienone is 2. The quantitative estimate of drug-likeness (QED) is 0.0706. The highest BCUT2D eigenvalue weighted by Gasteiger charge is 2.64. The highest BCUT2D eigenvalue weighted by atomic mass is 32.3. The second-order valence-electron chi connectivity index (χ2n) is 27.9. The van der Waals surface area contributed by atoms with Gasteiger partial charge in [-0.2, -0.15) is 33.7 Å². The molecule has 20 nitrogen and oxygen atoms in total. The van der Waals surface area contributed by atoms with Crippen molar-refractivity contribution in [2.24, 2.45) is 74.9 Å². The Balaban J connectivity index is 0.878. The highest BCUT2D eigenvalue weighted by molar-refractivity contribution is 7.81. The van der Waals surface area contributed by atoms with E-state index in [0.717, 1.165) is 86.5 Å². The van der Waals surface area contributed by atoms with Gasteiger partial charge in [-0.3, -0.25) is 18.2 Å². The van der Waals surface area contributed by atoms with Gasteiger partial charge in [0.05, 0.1) is 47.8 Å². The fourth-order valence-electron chi connectivity index (χ4n) is 20.2. The van der Waals surface area contributed by atoms with E-state index < -0.39 is 112 Å². The van der Waals surface area contributed by atoms with Crippen molar-refractivity contribution in [2.45, 2.75) is 238 Å². The van der Waals surface area contributed by atoms with Crippen LogP contribution in [0, 0.1) is 74.9 Å². The molecule has 0 spiro atoms. The van der Waals surface area contributed by atoms with E-state index in [4.69, 9.17) is 26.2 Å². The van der Waals surface area contributed by atoms with Crippen LogP contribution in [0.15, 0.2) is 22.3 Å². The molecule has 2 bridgehead atoms. The van der Waals surface area contributed by atoms with Gasteiger partial charge in [-0.05, 0) is 211 Å². The first kappa shape index (κ1) is 59.9. The smallest absolute Gasteiger partial charge is 0.390 e. The standard InChI is InChI=1S/C54H86O20S4/c1-28(33-11-13-35-31-21-44(70-75(57,58)59)39-23-41(55)46(72-77(63,64)65)26-52(39,7)37(31)16-18-50(33,35)5)10-15-48-54(9)25-30(49(3,4)74-54)20-43(69-48)29(2)34-12-14-36-32-22-45(71-76(60,61)62)40-24-42(56)47(73-78(66,67)68)27-53(40,8)38(32)17-19-51(34,36)6/h28-30,33-36,39-48,55-56H,10-27H2,1-9H3,(H,57,58,59)(H,60,61,62)(H,63,64,65)(H,66,67,68)/t28-,29+,30-,33-,34-,35+,36+,39-,40-,41-,42-,43-,44+,45+,46+,47+,48+,50-,51-,52-,53-,54-/m1/s1. The van der Waals surface area contributed by atoms with Crippen LogP contribution < -0.4 is 0 Å². The van der Waals surface area contributed by atoms with E-state index in [9.17, 15) is 62.1 Å². The van der Waals surface area contributed by atoms with E-state index in [0.29, 0.717) is 18.8 Å². The van der Waals surface area contributed by atoms with Gasteiger partial charge in [0.2, 0.25) is 0 Å². The van der Waals surface area contributed by atoms with Gasteiger partial charge in [0.15, 0.2) is 0 Å². The number of hydrogen-bond acceptors (Lipinski definition) is 16. The Morgan fingerprint density at radius 3 is 1.45 bits per heavy atom. The summed E-state index contributed by atoms with van der Waals surface area (Å²) < 4.78 is 172. The molecular formula is C54H86O20S4. The van der Waals surface area contributed by atoms with Crippen molar-refractivity contribution in [3.8, 4) is 0 Å². The summed E-state index contributed by atoms with van der Waals surface area (Å²) in [7, 11) is -19.6. The zero-order chi connectivity index (χ0) is 57.1. The summed E-state index contributed by atoms with van der Waals surface area (Å²) in [5, 5.41) is 22.1. The molecule has 8 aliphatic carbocycles. The summed E-state index contributed by atoms with van der Waals surface area (Å²) in [6.45, 7) is 19.8. The molecule has 78 heavy (non-hydrogen) atoms. The zero-order valence-corrected chi connectivity index (χ0v) is 49.8. The SMILES string of the molecule is C[C@@H]([C@H]1CC[C@H]2C3=C(CC[C@]12C)[C@@]1(C)C[C@H](OS(=O)(=O)O)[C@H](O)C[C@@H]1[C@@H](OS(=O)(=O)O)C3)[C@H]1C[C@@H]2C[C@@](C)(OC2(C)C)[C@H](CC[C@@H](C)[C@H]2CC[C@H]3C4=C(CC[C@]23C)[C@@]2(C)C[C@H](OS(=O)(=O)O)[C@H](O)C[C@@H]2[C@@H](OS(=O)(=O)O)C4)O1. The van der Waals surface area contributed by atoms with Crippen LogP contribution in [0.3, 0.4) is 0 Å². The molecule has 0 amide bonds. The van der Waals surface area contributed by atoms with Crippen LogP contribution in [0.1, 0.15) is 178 Å². The lowest BCUT2D eigenvalue weighted by molar-refractivity contribution is -0.200. The van der Waals surface area contributed by atoms with Crippen LogP contribution in [-0.2, 0) is 67.8 Å². The molecule has 2 saturated heterocycles. The monoisotopic (exact) mass is 1180 g/mol. The molecule has 446 valence electrons. The van der Waals surface area contributed by atoms with Crippen LogP contribution in [-0.4, -0.2) is 122 Å². The average Bonchev–Trinajstić information content (AvgIpc) is 4.00. The lowest BCUT2D eigenvalue weighted by atomic mass is 9.49. The van der Waals surface area contributed by atoms with Crippen molar-refractivity contribution < 1.29 is 88.3 Å². The van der Waals surface area contributed by atoms with E-state index in [1.54, 1.807) is 0 Å². The Morgan fingerprint density at radius 1 is 0.577 bits per heavy atom. The summed E-state index contributed by atoms with van der Waals surface area (Å²) in [5.41, 5.74) is 1.31. The summed E-state index contributed by atoms with van der Waals surface area (Å²) >= 11 is 0. The summed E-state index contributed by atoms with van der Waals surface area (Å²) in [6, 6.07) is 0. The van der Waals surface area contributed by atoms with E-state index in [2.05, 4.69) is 48.5 Å². The predicted molar refractivity (Wildman–Crippen MR) is 282 cm³/mol. The van der Waals surface area contributed by atoms with Gasteiger partial charge in [0.25, 0.3) is 0 Å². The van der Waals surface area contributed by atoms with Gasteiger partial charge < -0.3 is 19.7 Å². The minimum atomic E-state index is -4.92. The van der Waals surface area contributed by atoms with Gasteiger partial charge in [0.1, 0.15) is 12.2 Å². The normalized spacial score (nSPS) is 47.2. The predicted octanol–water partition coefficient (Wildman–Crippen LogP) is 8.13. The Labute approximate surface area is 462 Å². The molecule has 0 aromatic carbocycles. The fraction of sp³-hybridized carbons (Fsp3) is 0.926. The Kier molecular flexibility index (Phi) is 15.3. The highest BCUT2D eigenvalue weighted by Crippen LogP contribution is 2.69. The molecule has 6 fully saturated rings. The van der Waals surface area contributed by atoms with E-state index in [1.165, 1.54) is 0 Å². The molecule has 10 rings (SSSR count). The van der Waals surface area contributed by atoms with Crippen LogP contribution in [0.25, 0.3) is 0 Å². The molecule has 0 unspecified atom stereocenters. The Morgan fingerprint density at radius 2 is 1.00 bits per heavy atom. The van der Waals surface area contributed by atoms with Crippen molar-refractivity contribution in [3.05, 3.63) is 22.3 Å². The first-order valence-corrected chi connectivity index (χ1v) is 34.0. The van der Waals surface area contributed by atoms with Crippen molar-refractivity contribution in [2.75, 3.05) is 0 Å². The molecule has 22 atom stereocenters. The molecule has 2 heterocycles. The molecule has 0 radical (unpaired) electrons. The number of rotatable bonds is 14. The maximum atomic E-state index is 12.4. The topological polar surface area (TPSA) is 313 Å². The third kappa shape index (κ3) is 10.7. The summed E-state index contributed by atoms with van der Waals surface area (Å²) in [4.78, 5) is 0. The number of ether oxygens (including phenoxy) is 2. The largest absolute Gasteiger partial charge is 0.397 e. The summed E-state index contributed by atoms with van der Waals surface area (Å²) in [5.74, 6) is 0.106. The number of aliphatic hydroxyl groups is 2. The second-order valence-corrected chi connectivity index (χ2v) is 32.1. The molecule has 6 N–H and O–H groups in total. The van der Waals surface area contributed by atoms with E-state index >= 15 is 0 Å². The minimum Gasteiger partial charge on any atom is -0.390 e. The van der Waals surface area contributed by atoms with Crippen molar-refractivity contribution >= 4 is 41.6 Å². The molecule has 24 heteroatoms. The molecule has 10 aliphatic rings.